The Kier molecular flexibility index (Phi) is 43.6. The number of hydrogen-bond acceptors (Lipinski definition) is 8. The molecule has 62 heavy (non-hydrogen) atoms. The van der Waals surface area contributed by atoms with Crippen molar-refractivity contribution in [2.45, 2.75) is 251 Å². The van der Waals surface area contributed by atoms with Crippen LogP contribution in [0, 0.1) is 0 Å². The van der Waals surface area contributed by atoms with Crippen LogP contribution in [0.15, 0.2) is 24.3 Å². The molecule has 0 aliphatic carbocycles. The summed E-state index contributed by atoms with van der Waals surface area (Å²) in [4.78, 5) is 37.7. The molecule has 0 aromatic rings. The number of unbranched alkanes of at least 4 members (excludes halogenated alkanes) is 31. The van der Waals surface area contributed by atoms with Gasteiger partial charge in [-0.1, -0.05) is 218 Å². The van der Waals surface area contributed by atoms with Crippen LogP contribution in [0.5, 0.6) is 0 Å². The summed E-state index contributed by atoms with van der Waals surface area (Å²) in [6.07, 6.45) is 50.7. The van der Waals surface area contributed by atoms with Crippen LogP contribution in [0.1, 0.15) is 245 Å². The van der Waals surface area contributed by atoms with Gasteiger partial charge in [-0.2, -0.15) is 0 Å². The molecule has 2 atom stereocenters. The summed E-state index contributed by atoms with van der Waals surface area (Å²) in [6, 6.07) is 0. The smallest absolute Gasteiger partial charge is 0.306 e. The van der Waals surface area contributed by atoms with E-state index < -0.39 is 26.5 Å². The van der Waals surface area contributed by atoms with E-state index in [1.165, 1.54) is 154 Å². The molecular weight excluding hydrogens is 798 g/mol. The Morgan fingerprint density at radius 2 is 0.855 bits per heavy atom. The van der Waals surface area contributed by atoms with Gasteiger partial charge < -0.3 is 27.9 Å². The van der Waals surface area contributed by atoms with Crippen LogP contribution in [0.25, 0.3) is 0 Å². The molecule has 0 radical (unpaired) electrons. The number of quaternary nitrogens is 1. The third-order valence-corrected chi connectivity index (χ3v) is 12.5. The molecular formula is C52H100NO8P. The molecule has 9 nitrogen and oxygen atoms in total. The molecule has 0 aliphatic rings. The highest BCUT2D eigenvalue weighted by atomic mass is 31.2. The molecule has 1 unspecified atom stereocenters. The van der Waals surface area contributed by atoms with Crippen molar-refractivity contribution in [3.63, 3.8) is 0 Å². The maximum atomic E-state index is 12.7. The van der Waals surface area contributed by atoms with E-state index in [9.17, 15) is 19.0 Å². The summed E-state index contributed by atoms with van der Waals surface area (Å²) >= 11 is 0. The van der Waals surface area contributed by atoms with Gasteiger partial charge in [0, 0.05) is 12.8 Å². The Labute approximate surface area is 383 Å². The first-order valence-electron chi connectivity index (χ1n) is 26.1. The number of phosphoric acid groups is 1. The molecule has 366 valence electrons. The standard InChI is InChI=1S/C52H100NO8P/c1-6-8-10-12-14-16-18-20-22-23-24-25-26-27-28-29-31-32-34-36-38-40-42-44-51(54)58-48-50(49-60-62(56,57)59-47-46-53(3,4)5)61-52(55)45-43-41-39-37-35-33-30-21-19-17-15-13-11-9-7-2/h17,19,21,30,50H,6-16,18,20,22-29,31-49H2,1-5H3/b19-17+,30-21+/t50-/m0/s1. The lowest BCUT2D eigenvalue weighted by molar-refractivity contribution is -0.870. The van der Waals surface area contributed by atoms with Crippen LogP contribution in [-0.2, 0) is 32.7 Å². The highest BCUT2D eigenvalue weighted by Crippen LogP contribution is 2.38. The topological polar surface area (TPSA) is 111 Å². The van der Waals surface area contributed by atoms with Gasteiger partial charge in [0.1, 0.15) is 19.8 Å². The zero-order chi connectivity index (χ0) is 45.7. The van der Waals surface area contributed by atoms with Crippen molar-refractivity contribution < 1.29 is 42.1 Å². The number of phosphoric ester groups is 1. The van der Waals surface area contributed by atoms with E-state index in [1.807, 2.05) is 21.1 Å². The Balaban J connectivity index is 4.18. The van der Waals surface area contributed by atoms with Crippen LogP contribution in [-0.4, -0.2) is 70.0 Å². The highest BCUT2D eigenvalue weighted by Gasteiger charge is 2.21. The number of carbonyl (C=O) groups excluding carboxylic acids is 2. The molecule has 0 saturated carbocycles. The maximum absolute atomic E-state index is 12.7. The van der Waals surface area contributed by atoms with E-state index in [2.05, 4.69) is 38.2 Å². The number of likely N-dealkylation sites (N-methyl/N-ethyl adjacent to an activating group) is 1. The van der Waals surface area contributed by atoms with Gasteiger partial charge in [0.05, 0.1) is 27.7 Å². The van der Waals surface area contributed by atoms with Crippen molar-refractivity contribution in [2.24, 2.45) is 0 Å². The Morgan fingerprint density at radius 1 is 0.500 bits per heavy atom. The number of rotatable bonds is 48. The van der Waals surface area contributed by atoms with Crippen molar-refractivity contribution >= 4 is 19.8 Å². The average Bonchev–Trinajstić information content (AvgIpc) is 3.23. The monoisotopic (exact) mass is 898 g/mol. The fourth-order valence-electron chi connectivity index (χ4n) is 7.41. The second-order valence-electron chi connectivity index (χ2n) is 18.9. The minimum absolute atomic E-state index is 0.0319. The molecule has 0 N–H and O–H groups in total. The Bertz CT molecular complexity index is 1110. The van der Waals surface area contributed by atoms with Crippen LogP contribution < -0.4 is 4.89 Å². The summed E-state index contributed by atoms with van der Waals surface area (Å²) in [6.45, 7) is 4.23. The molecule has 0 aliphatic heterocycles. The first kappa shape index (κ1) is 60.5. The Hall–Kier alpha value is -1.51. The summed E-state index contributed by atoms with van der Waals surface area (Å²) in [5, 5.41) is 0. The molecule has 0 heterocycles. The van der Waals surface area contributed by atoms with Crippen molar-refractivity contribution in [1.29, 1.82) is 0 Å². The lowest BCUT2D eigenvalue weighted by Gasteiger charge is -2.28. The van der Waals surface area contributed by atoms with Gasteiger partial charge in [-0.25, -0.2) is 0 Å². The van der Waals surface area contributed by atoms with Gasteiger partial charge in [-0.3, -0.25) is 14.2 Å². The van der Waals surface area contributed by atoms with E-state index in [0.29, 0.717) is 17.4 Å². The van der Waals surface area contributed by atoms with Gasteiger partial charge in [-0.15, -0.1) is 0 Å². The molecule has 0 spiro atoms. The number of hydrogen-bond donors (Lipinski definition) is 0. The van der Waals surface area contributed by atoms with Crippen molar-refractivity contribution in [3.8, 4) is 0 Å². The second kappa shape index (κ2) is 44.7. The number of ether oxygens (including phenoxy) is 2. The first-order valence-corrected chi connectivity index (χ1v) is 27.5. The van der Waals surface area contributed by atoms with E-state index in [4.69, 9.17) is 18.5 Å². The molecule has 0 rings (SSSR count). The normalized spacial score (nSPS) is 13.6. The second-order valence-corrected chi connectivity index (χ2v) is 20.3. The molecule has 0 fully saturated rings. The van der Waals surface area contributed by atoms with E-state index in [0.717, 1.165) is 57.8 Å². The van der Waals surface area contributed by atoms with Gasteiger partial charge in [-0.05, 0) is 38.5 Å². The third-order valence-electron chi connectivity index (χ3n) is 11.5. The largest absolute Gasteiger partial charge is 0.756 e. The predicted octanol–water partition coefficient (Wildman–Crippen LogP) is 14.8. The zero-order valence-corrected chi connectivity index (χ0v) is 42.2. The van der Waals surface area contributed by atoms with E-state index in [-0.39, 0.29) is 32.0 Å². The highest BCUT2D eigenvalue weighted by molar-refractivity contribution is 7.45. The summed E-state index contributed by atoms with van der Waals surface area (Å²) in [5.41, 5.74) is 0. The minimum atomic E-state index is -4.63. The lowest BCUT2D eigenvalue weighted by atomic mass is 10.0. The first-order chi connectivity index (χ1) is 30.0. The maximum Gasteiger partial charge on any atom is 0.306 e. The van der Waals surface area contributed by atoms with E-state index >= 15 is 0 Å². The number of allylic oxidation sites excluding steroid dienone is 4. The molecule has 0 bridgehead atoms. The molecule has 0 aromatic carbocycles. The van der Waals surface area contributed by atoms with Crippen LogP contribution in [0.2, 0.25) is 0 Å². The van der Waals surface area contributed by atoms with Gasteiger partial charge in [0.15, 0.2) is 6.10 Å². The summed E-state index contributed by atoms with van der Waals surface area (Å²) in [5.74, 6) is -0.840. The van der Waals surface area contributed by atoms with Crippen LogP contribution >= 0.6 is 7.82 Å². The summed E-state index contributed by atoms with van der Waals surface area (Å²) < 4.78 is 34.0. The van der Waals surface area contributed by atoms with Gasteiger partial charge in [0.2, 0.25) is 0 Å². The molecule has 0 amide bonds. The number of esters is 2. The van der Waals surface area contributed by atoms with Crippen molar-refractivity contribution in [1.82, 2.24) is 0 Å². The lowest BCUT2D eigenvalue weighted by Crippen LogP contribution is -2.37. The SMILES string of the molecule is CCCCCC/C=C/C=C/CCCCCCCC(=O)O[C@@H](COC(=O)CCCCCCCCCCCCCCCCCCCCCCCCC)COP(=O)([O-])OCC[N+](C)(C)C. The fraction of sp³-hybridized carbons (Fsp3) is 0.885. The van der Waals surface area contributed by atoms with Crippen LogP contribution in [0.4, 0.5) is 0 Å². The molecule has 0 saturated heterocycles. The predicted molar refractivity (Wildman–Crippen MR) is 259 cm³/mol. The van der Waals surface area contributed by atoms with Crippen molar-refractivity contribution in [2.75, 3.05) is 47.5 Å². The number of nitrogens with zero attached hydrogens (tertiary/aromatic N) is 1. The fourth-order valence-corrected chi connectivity index (χ4v) is 8.14. The summed E-state index contributed by atoms with van der Waals surface area (Å²) in [7, 11) is 1.16. The zero-order valence-electron chi connectivity index (χ0n) is 41.3. The van der Waals surface area contributed by atoms with Gasteiger partial charge in [0.25, 0.3) is 7.82 Å². The third kappa shape index (κ3) is 48.0. The molecule has 0 aromatic heterocycles. The quantitative estimate of drug-likeness (QED) is 0.0195. The average molecular weight is 898 g/mol. The molecule has 10 heteroatoms. The van der Waals surface area contributed by atoms with E-state index in [1.54, 1.807) is 0 Å². The van der Waals surface area contributed by atoms with Gasteiger partial charge >= 0.3 is 11.9 Å². The van der Waals surface area contributed by atoms with Crippen LogP contribution in [0.3, 0.4) is 0 Å². The minimum Gasteiger partial charge on any atom is -0.756 e. The Morgan fingerprint density at radius 3 is 1.26 bits per heavy atom. The number of carbonyl (C=O) groups is 2. The van der Waals surface area contributed by atoms with Crippen molar-refractivity contribution in [3.05, 3.63) is 24.3 Å².